The molecule has 0 radical (unpaired) electrons. The molecule has 2 aromatic rings. The zero-order valence-electron chi connectivity index (χ0n) is 9.92. The van der Waals surface area contributed by atoms with Crippen LogP contribution in [0.15, 0.2) is 41.5 Å². The van der Waals surface area contributed by atoms with Crippen molar-refractivity contribution < 1.29 is 9.72 Å². The fourth-order valence-electron chi connectivity index (χ4n) is 1.52. The number of nitro groups is 1. The Kier molecular flexibility index (Phi) is 3.81. The molecule has 1 aromatic heterocycles. The first-order valence-corrected chi connectivity index (χ1v) is 5.79. The average molecular weight is 294 g/mol. The van der Waals surface area contributed by atoms with Crippen LogP contribution in [0.5, 0.6) is 0 Å². The lowest BCUT2D eigenvalue weighted by molar-refractivity contribution is -0.384. The fraction of sp³-hybridized carbons (Fsp3) is 0. The lowest BCUT2D eigenvalue weighted by Gasteiger charge is -2.05. The molecule has 0 bridgehead atoms. The van der Waals surface area contributed by atoms with Gasteiger partial charge in [0, 0.05) is 30.2 Å². The number of aromatic amines is 1. The standard InChI is InChI=1S/C12H8ClN3O4/c13-9-5-7(1-2-10(9)16(19)20)15-12(18)8-6-14-4-3-11(8)17/h1-6H,(H,14,17)(H,15,18). The highest BCUT2D eigenvalue weighted by atomic mass is 35.5. The van der Waals surface area contributed by atoms with Gasteiger partial charge in [0.1, 0.15) is 10.6 Å². The molecule has 0 aliphatic carbocycles. The second-order valence-corrected chi connectivity index (χ2v) is 4.21. The number of halogens is 1. The van der Waals surface area contributed by atoms with Gasteiger partial charge in [-0.15, -0.1) is 0 Å². The first-order valence-electron chi connectivity index (χ1n) is 5.41. The number of H-pyrrole nitrogens is 1. The van der Waals surface area contributed by atoms with Crippen molar-refractivity contribution in [2.45, 2.75) is 0 Å². The molecule has 0 saturated carbocycles. The second-order valence-electron chi connectivity index (χ2n) is 3.80. The van der Waals surface area contributed by atoms with Crippen LogP contribution in [0.3, 0.4) is 0 Å². The van der Waals surface area contributed by atoms with Crippen molar-refractivity contribution in [3.05, 3.63) is 67.6 Å². The first kappa shape index (κ1) is 13.8. The number of amides is 1. The van der Waals surface area contributed by atoms with Gasteiger partial charge in [-0.3, -0.25) is 19.7 Å². The van der Waals surface area contributed by atoms with Crippen LogP contribution in [0.1, 0.15) is 10.4 Å². The van der Waals surface area contributed by atoms with Gasteiger partial charge in [-0.05, 0) is 12.1 Å². The molecule has 0 saturated heterocycles. The third-order valence-electron chi connectivity index (χ3n) is 2.47. The molecular weight excluding hydrogens is 286 g/mol. The summed E-state index contributed by atoms with van der Waals surface area (Å²) < 4.78 is 0. The van der Waals surface area contributed by atoms with Crippen LogP contribution >= 0.6 is 11.6 Å². The minimum atomic E-state index is -0.629. The van der Waals surface area contributed by atoms with Gasteiger partial charge in [0.15, 0.2) is 5.43 Å². The summed E-state index contributed by atoms with van der Waals surface area (Å²) in [5.41, 5.74) is -0.507. The highest BCUT2D eigenvalue weighted by Crippen LogP contribution is 2.27. The summed E-state index contributed by atoms with van der Waals surface area (Å²) in [6, 6.07) is 4.97. The van der Waals surface area contributed by atoms with Crippen LogP contribution in [-0.4, -0.2) is 15.8 Å². The van der Waals surface area contributed by atoms with Gasteiger partial charge in [-0.1, -0.05) is 11.6 Å². The number of hydrogen-bond acceptors (Lipinski definition) is 4. The Morgan fingerprint density at radius 1 is 1.35 bits per heavy atom. The minimum Gasteiger partial charge on any atom is -0.367 e. The van der Waals surface area contributed by atoms with Crippen molar-refractivity contribution in [3.8, 4) is 0 Å². The van der Waals surface area contributed by atoms with Crippen LogP contribution in [0, 0.1) is 10.1 Å². The summed E-state index contributed by atoms with van der Waals surface area (Å²) >= 11 is 5.72. The van der Waals surface area contributed by atoms with Crippen molar-refractivity contribution in [2.75, 3.05) is 5.32 Å². The van der Waals surface area contributed by atoms with E-state index in [4.69, 9.17) is 11.6 Å². The van der Waals surface area contributed by atoms with E-state index in [1.165, 1.54) is 36.7 Å². The Hall–Kier alpha value is -2.67. The summed E-state index contributed by atoms with van der Waals surface area (Å²) in [6.45, 7) is 0. The third kappa shape index (κ3) is 2.83. The predicted molar refractivity (Wildman–Crippen MR) is 73.1 cm³/mol. The molecule has 1 amide bonds. The van der Waals surface area contributed by atoms with Crippen LogP contribution in [0.25, 0.3) is 0 Å². The fourth-order valence-corrected chi connectivity index (χ4v) is 1.77. The van der Waals surface area contributed by atoms with Crippen LogP contribution in [-0.2, 0) is 0 Å². The lowest BCUT2D eigenvalue weighted by atomic mass is 10.2. The normalized spacial score (nSPS) is 10.1. The lowest BCUT2D eigenvalue weighted by Crippen LogP contribution is -2.20. The van der Waals surface area contributed by atoms with Gasteiger partial charge in [0.25, 0.3) is 11.6 Å². The molecule has 0 atom stereocenters. The SMILES string of the molecule is O=C(Nc1ccc([N+](=O)[O-])c(Cl)c1)c1c[nH]ccc1=O. The molecule has 0 aliphatic rings. The predicted octanol–water partition coefficient (Wildman–Crippen LogP) is 2.19. The number of benzene rings is 1. The maximum Gasteiger partial charge on any atom is 0.288 e. The number of hydrogen-bond donors (Lipinski definition) is 2. The van der Waals surface area contributed by atoms with E-state index in [0.29, 0.717) is 0 Å². The topological polar surface area (TPSA) is 105 Å². The molecular formula is C12H8ClN3O4. The Bertz CT molecular complexity index is 741. The molecule has 0 spiro atoms. The van der Waals surface area contributed by atoms with E-state index < -0.39 is 16.3 Å². The number of pyridine rings is 1. The number of anilines is 1. The second kappa shape index (κ2) is 5.54. The van der Waals surface area contributed by atoms with Gasteiger partial charge >= 0.3 is 0 Å². The van der Waals surface area contributed by atoms with Crippen molar-refractivity contribution >= 4 is 28.9 Å². The van der Waals surface area contributed by atoms with E-state index >= 15 is 0 Å². The number of nitrogens with one attached hydrogen (secondary N) is 2. The van der Waals surface area contributed by atoms with Gasteiger partial charge < -0.3 is 10.3 Å². The van der Waals surface area contributed by atoms with Crippen molar-refractivity contribution in [1.29, 1.82) is 0 Å². The Balaban J connectivity index is 2.25. The molecule has 7 nitrogen and oxygen atoms in total. The van der Waals surface area contributed by atoms with Crippen molar-refractivity contribution in [2.24, 2.45) is 0 Å². The molecule has 20 heavy (non-hydrogen) atoms. The van der Waals surface area contributed by atoms with Gasteiger partial charge in [0.05, 0.1) is 4.92 Å². The van der Waals surface area contributed by atoms with Crippen LogP contribution in [0.4, 0.5) is 11.4 Å². The largest absolute Gasteiger partial charge is 0.367 e. The van der Waals surface area contributed by atoms with Gasteiger partial charge in [-0.2, -0.15) is 0 Å². The Morgan fingerprint density at radius 3 is 2.70 bits per heavy atom. The molecule has 102 valence electrons. The summed E-state index contributed by atoms with van der Waals surface area (Å²) in [5.74, 6) is -0.628. The maximum atomic E-state index is 11.9. The zero-order chi connectivity index (χ0) is 14.7. The molecule has 0 aliphatic heterocycles. The molecule has 0 unspecified atom stereocenters. The average Bonchev–Trinajstić information content (AvgIpc) is 2.38. The Labute approximate surface area is 117 Å². The van der Waals surface area contributed by atoms with E-state index in [2.05, 4.69) is 10.3 Å². The monoisotopic (exact) mass is 293 g/mol. The first-order chi connectivity index (χ1) is 9.49. The molecule has 1 aromatic carbocycles. The van der Waals surface area contributed by atoms with E-state index in [1.807, 2.05) is 0 Å². The number of nitrogens with zero attached hydrogens (tertiary/aromatic N) is 1. The Morgan fingerprint density at radius 2 is 2.10 bits per heavy atom. The van der Waals surface area contributed by atoms with E-state index in [1.54, 1.807) is 0 Å². The molecule has 0 fully saturated rings. The third-order valence-corrected chi connectivity index (χ3v) is 2.77. The molecule has 2 N–H and O–H groups in total. The van der Waals surface area contributed by atoms with Crippen LogP contribution < -0.4 is 10.7 Å². The molecule has 8 heteroatoms. The summed E-state index contributed by atoms with van der Waals surface area (Å²) in [4.78, 5) is 35.9. The number of nitro benzene ring substituents is 1. The summed E-state index contributed by atoms with van der Waals surface area (Å²) in [5, 5.41) is 12.9. The summed E-state index contributed by atoms with van der Waals surface area (Å²) in [7, 11) is 0. The smallest absolute Gasteiger partial charge is 0.288 e. The number of carbonyl (C=O) groups excluding carboxylic acids is 1. The van der Waals surface area contributed by atoms with Gasteiger partial charge in [-0.25, -0.2) is 0 Å². The quantitative estimate of drug-likeness (QED) is 0.668. The van der Waals surface area contributed by atoms with Crippen molar-refractivity contribution in [1.82, 2.24) is 4.98 Å². The number of aromatic nitrogens is 1. The van der Waals surface area contributed by atoms with Crippen molar-refractivity contribution in [3.63, 3.8) is 0 Å². The van der Waals surface area contributed by atoms with Crippen LogP contribution in [0.2, 0.25) is 5.02 Å². The number of rotatable bonds is 3. The molecule has 2 rings (SSSR count). The van der Waals surface area contributed by atoms with E-state index in [-0.39, 0.29) is 22.0 Å². The highest BCUT2D eigenvalue weighted by molar-refractivity contribution is 6.33. The number of carbonyl (C=O) groups is 1. The zero-order valence-corrected chi connectivity index (χ0v) is 10.7. The van der Waals surface area contributed by atoms with E-state index in [9.17, 15) is 19.7 Å². The maximum absolute atomic E-state index is 11.9. The summed E-state index contributed by atoms with van der Waals surface area (Å²) in [6.07, 6.45) is 2.67. The highest BCUT2D eigenvalue weighted by Gasteiger charge is 2.14. The van der Waals surface area contributed by atoms with Gasteiger partial charge in [0.2, 0.25) is 0 Å². The minimum absolute atomic E-state index is 0.0676. The van der Waals surface area contributed by atoms with E-state index in [0.717, 1.165) is 0 Å². The molecule has 1 heterocycles.